The lowest BCUT2D eigenvalue weighted by Crippen LogP contribution is -2.37. The molecule has 4 rings (SSSR count). The van der Waals surface area contributed by atoms with E-state index >= 15 is 0 Å². The number of carbonyl (C=O) groups is 1. The van der Waals surface area contributed by atoms with Crippen molar-refractivity contribution >= 4 is 23.2 Å². The van der Waals surface area contributed by atoms with Crippen molar-refractivity contribution in [3.05, 3.63) is 59.2 Å². The molecule has 2 aromatic carbocycles. The fourth-order valence-electron chi connectivity index (χ4n) is 3.57. The van der Waals surface area contributed by atoms with Gasteiger partial charge in [0.2, 0.25) is 17.6 Å². The standard InChI is InChI=1S/C22H22ClFN4O3/c1-30-19-7-6-17(12-18(19)23)25-22(29)15-8-10-28(11-9-15)13-20-26-21(27-31-20)14-2-4-16(24)5-3-14/h2-7,12,15H,8-11,13H2,1H3,(H,25,29). The minimum absolute atomic E-state index is 0.0164. The van der Waals surface area contributed by atoms with Crippen LogP contribution in [0.5, 0.6) is 5.75 Å². The van der Waals surface area contributed by atoms with Crippen LogP contribution in [0.2, 0.25) is 5.02 Å². The number of ether oxygens (including phenoxy) is 1. The summed E-state index contributed by atoms with van der Waals surface area (Å²) in [5.74, 6) is 1.09. The molecule has 31 heavy (non-hydrogen) atoms. The second-order valence-electron chi connectivity index (χ2n) is 7.41. The van der Waals surface area contributed by atoms with E-state index in [1.54, 1.807) is 37.4 Å². The molecule has 0 radical (unpaired) electrons. The summed E-state index contributed by atoms with van der Waals surface area (Å²) in [7, 11) is 1.55. The number of piperidine rings is 1. The third-order valence-corrected chi connectivity index (χ3v) is 5.60. The second-order valence-corrected chi connectivity index (χ2v) is 7.81. The van der Waals surface area contributed by atoms with Crippen LogP contribution in [-0.2, 0) is 11.3 Å². The normalized spacial score (nSPS) is 15.1. The molecular weight excluding hydrogens is 423 g/mol. The molecular formula is C22H22ClFN4O3. The van der Waals surface area contributed by atoms with Crippen molar-refractivity contribution in [3.8, 4) is 17.1 Å². The maximum atomic E-state index is 13.1. The summed E-state index contributed by atoms with van der Waals surface area (Å²) in [5.41, 5.74) is 1.35. The van der Waals surface area contributed by atoms with Gasteiger partial charge in [-0.3, -0.25) is 9.69 Å². The molecule has 1 saturated heterocycles. The predicted molar refractivity (Wildman–Crippen MR) is 114 cm³/mol. The number of hydrogen-bond acceptors (Lipinski definition) is 6. The number of anilines is 1. The summed E-state index contributed by atoms with van der Waals surface area (Å²) in [4.78, 5) is 19.2. The van der Waals surface area contributed by atoms with Gasteiger partial charge in [-0.2, -0.15) is 4.98 Å². The summed E-state index contributed by atoms with van der Waals surface area (Å²) in [6.07, 6.45) is 1.46. The van der Waals surface area contributed by atoms with Gasteiger partial charge in [0.25, 0.3) is 0 Å². The second kappa shape index (κ2) is 9.45. The summed E-state index contributed by atoms with van der Waals surface area (Å²) in [6, 6.07) is 11.1. The highest BCUT2D eigenvalue weighted by molar-refractivity contribution is 6.32. The number of hydrogen-bond donors (Lipinski definition) is 1. The molecule has 162 valence electrons. The Kier molecular flexibility index (Phi) is 6.48. The topological polar surface area (TPSA) is 80.5 Å². The molecule has 3 aromatic rings. The molecule has 2 heterocycles. The summed E-state index contributed by atoms with van der Waals surface area (Å²) >= 11 is 6.12. The molecule has 1 aliphatic rings. The van der Waals surface area contributed by atoms with Crippen LogP contribution >= 0.6 is 11.6 Å². The van der Waals surface area contributed by atoms with Crippen LogP contribution < -0.4 is 10.1 Å². The largest absolute Gasteiger partial charge is 0.495 e. The molecule has 1 fully saturated rings. The van der Waals surface area contributed by atoms with Crippen LogP contribution in [0.1, 0.15) is 18.7 Å². The predicted octanol–water partition coefficient (Wildman–Crippen LogP) is 4.39. The number of rotatable bonds is 6. The molecule has 0 bridgehead atoms. The Labute approximate surface area is 184 Å². The van der Waals surface area contributed by atoms with Crippen LogP contribution in [-0.4, -0.2) is 41.1 Å². The number of amides is 1. The zero-order chi connectivity index (χ0) is 21.8. The lowest BCUT2D eigenvalue weighted by atomic mass is 9.96. The Morgan fingerprint density at radius 3 is 2.68 bits per heavy atom. The van der Waals surface area contributed by atoms with Crippen LogP contribution in [0, 0.1) is 11.7 Å². The van der Waals surface area contributed by atoms with Gasteiger partial charge in [0.15, 0.2) is 0 Å². The highest BCUT2D eigenvalue weighted by Crippen LogP contribution is 2.28. The van der Waals surface area contributed by atoms with Crippen LogP contribution in [0.4, 0.5) is 10.1 Å². The molecule has 7 nitrogen and oxygen atoms in total. The van der Waals surface area contributed by atoms with E-state index in [9.17, 15) is 9.18 Å². The van der Waals surface area contributed by atoms with Crippen molar-refractivity contribution in [1.82, 2.24) is 15.0 Å². The third kappa shape index (κ3) is 5.21. The Morgan fingerprint density at radius 2 is 2.00 bits per heavy atom. The lowest BCUT2D eigenvalue weighted by molar-refractivity contribution is -0.121. The number of nitrogens with one attached hydrogen (secondary N) is 1. The van der Waals surface area contributed by atoms with Crippen LogP contribution in [0.25, 0.3) is 11.4 Å². The van der Waals surface area contributed by atoms with E-state index in [2.05, 4.69) is 20.4 Å². The number of carbonyl (C=O) groups excluding carboxylic acids is 1. The molecule has 0 aliphatic carbocycles. The number of benzene rings is 2. The van der Waals surface area contributed by atoms with Gasteiger partial charge in [0.1, 0.15) is 11.6 Å². The molecule has 0 saturated carbocycles. The summed E-state index contributed by atoms with van der Waals surface area (Å²) in [6.45, 7) is 2.00. The molecule has 0 spiro atoms. The van der Waals surface area contributed by atoms with Crippen molar-refractivity contribution in [2.75, 3.05) is 25.5 Å². The van der Waals surface area contributed by atoms with E-state index in [1.807, 2.05) is 0 Å². The van der Waals surface area contributed by atoms with Gasteiger partial charge >= 0.3 is 0 Å². The number of aromatic nitrogens is 2. The van der Waals surface area contributed by atoms with Crippen LogP contribution in [0.3, 0.4) is 0 Å². The van der Waals surface area contributed by atoms with Crippen molar-refractivity contribution in [3.63, 3.8) is 0 Å². The van der Waals surface area contributed by atoms with E-state index in [0.717, 1.165) is 25.9 Å². The maximum Gasteiger partial charge on any atom is 0.241 e. The van der Waals surface area contributed by atoms with Gasteiger partial charge in [-0.1, -0.05) is 16.8 Å². The fourth-order valence-corrected chi connectivity index (χ4v) is 3.83. The third-order valence-electron chi connectivity index (χ3n) is 5.31. The van der Waals surface area contributed by atoms with Gasteiger partial charge in [0.05, 0.1) is 18.7 Å². The monoisotopic (exact) mass is 444 g/mol. The van der Waals surface area contributed by atoms with E-state index in [0.29, 0.717) is 40.3 Å². The zero-order valence-electron chi connectivity index (χ0n) is 17.0. The van der Waals surface area contributed by atoms with Crippen molar-refractivity contribution in [2.24, 2.45) is 5.92 Å². The van der Waals surface area contributed by atoms with Gasteiger partial charge in [-0.25, -0.2) is 4.39 Å². The van der Waals surface area contributed by atoms with Crippen LogP contribution in [0.15, 0.2) is 47.0 Å². The summed E-state index contributed by atoms with van der Waals surface area (Å²) < 4.78 is 23.5. The molecule has 1 aromatic heterocycles. The first kappa shape index (κ1) is 21.3. The fraction of sp³-hybridized carbons (Fsp3) is 0.318. The zero-order valence-corrected chi connectivity index (χ0v) is 17.7. The molecule has 0 atom stereocenters. The first-order valence-corrected chi connectivity index (χ1v) is 10.3. The quantitative estimate of drug-likeness (QED) is 0.607. The van der Waals surface area contributed by atoms with Gasteiger partial charge in [-0.05, 0) is 68.4 Å². The number of halogens is 2. The van der Waals surface area contributed by atoms with E-state index in [1.165, 1.54) is 12.1 Å². The van der Waals surface area contributed by atoms with Crippen molar-refractivity contribution in [2.45, 2.75) is 19.4 Å². The minimum atomic E-state index is -0.311. The smallest absolute Gasteiger partial charge is 0.241 e. The Hall–Kier alpha value is -2.97. The van der Waals surface area contributed by atoms with Gasteiger partial charge in [-0.15, -0.1) is 0 Å². The minimum Gasteiger partial charge on any atom is -0.495 e. The van der Waals surface area contributed by atoms with Crippen molar-refractivity contribution in [1.29, 1.82) is 0 Å². The SMILES string of the molecule is COc1ccc(NC(=O)C2CCN(Cc3nc(-c4ccc(F)cc4)no3)CC2)cc1Cl. The number of methoxy groups -OCH3 is 1. The molecule has 1 N–H and O–H groups in total. The summed E-state index contributed by atoms with van der Waals surface area (Å²) in [5, 5.41) is 7.35. The Bertz CT molecular complexity index is 1050. The molecule has 9 heteroatoms. The highest BCUT2D eigenvalue weighted by Gasteiger charge is 2.26. The first-order valence-electron chi connectivity index (χ1n) is 9.97. The van der Waals surface area contributed by atoms with Gasteiger partial charge in [0, 0.05) is 17.2 Å². The number of nitrogens with zero attached hydrogens (tertiary/aromatic N) is 3. The molecule has 1 aliphatic heterocycles. The van der Waals surface area contributed by atoms with E-state index < -0.39 is 0 Å². The highest BCUT2D eigenvalue weighted by atomic mass is 35.5. The first-order chi connectivity index (χ1) is 15.0. The van der Waals surface area contributed by atoms with E-state index in [-0.39, 0.29) is 17.6 Å². The molecule has 1 amide bonds. The Balaban J connectivity index is 1.28. The average Bonchev–Trinajstić information content (AvgIpc) is 3.23. The van der Waals surface area contributed by atoms with Crippen molar-refractivity contribution < 1.29 is 18.4 Å². The van der Waals surface area contributed by atoms with E-state index in [4.69, 9.17) is 20.9 Å². The number of likely N-dealkylation sites (tertiary alicyclic amines) is 1. The maximum absolute atomic E-state index is 13.1. The van der Waals surface area contributed by atoms with Gasteiger partial charge < -0.3 is 14.6 Å². The molecule has 0 unspecified atom stereocenters. The Morgan fingerprint density at radius 1 is 1.26 bits per heavy atom. The lowest BCUT2D eigenvalue weighted by Gasteiger charge is -2.30. The average molecular weight is 445 g/mol.